The highest BCUT2D eigenvalue weighted by Crippen LogP contribution is 2.18. The maximum Gasteiger partial charge on any atom is 0.248 e. The average molecular weight is 334 g/mol. The van der Waals surface area contributed by atoms with E-state index in [2.05, 4.69) is 21.2 Å². The molecule has 2 nitrogen and oxygen atoms in total. The molecule has 102 valence electrons. The summed E-state index contributed by atoms with van der Waals surface area (Å²) in [7, 11) is 0. The first kappa shape index (κ1) is 14.5. The summed E-state index contributed by atoms with van der Waals surface area (Å²) in [6.07, 6.45) is 3.05. The zero-order chi connectivity index (χ0) is 14.5. The van der Waals surface area contributed by atoms with E-state index in [4.69, 9.17) is 0 Å². The molecule has 2 rings (SSSR count). The lowest BCUT2D eigenvalue weighted by Crippen LogP contribution is -2.09. The first-order valence-electron chi connectivity index (χ1n) is 6.06. The van der Waals surface area contributed by atoms with Gasteiger partial charge in [-0.25, -0.2) is 4.39 Å². The molecule has 0 aliphatic heterocycles. The summed E-state index contributed by atoms with van der Waals surface area (Å²) in [5, 5.41) is 2.52. The molecule has 2 aromatic rings. The van der Waals surface area contributed by atoms with Gasteiger partial charge in [-0.3, -0.25) is 4.79 Å². The van der Waals surface area contributed by atoms with Gasteiger partial charge >= 0.3 is 0 Å². The van der Waals surface area contributed by atoms with Crippen molar-refractivity contribution in [2.24, 2.45) is 0 Å². The van der Waals surface area contributed by atoms with Gasteiger partial charge in [0.1, 0.15) is 5.82 Å². The van der Waals surface area contributed by atoms with Crippen molar-refractivity contribution in [2.75, 3.05) is 5.32 Å². The Balaban J connectivity index is 2.10. The average Bonchev–Trinajstić information content (AvgIpc) is 2.42. The number of halogens is 2. The lowest BCUT2D eigenvalue weighted by molar-refractivity contribution is -0.111. The maximum absolute atomic E-state index is 13.5. The van der Waals surface area contributed by atoms with Gasteiger partial charge in [-0.15, -0.1) is 0 Å². The van der Waals surface area contributed by atoms with Gasteiger partial charge in [0.05, 0.1) is 5.69 Å². The van der Waals surface area contributed by atoms with E-state index in [0.29, 0.717) is 0 Å². The van der Waals surface area contributed by atoms with Crippen LogP contribution in [0.1, 0.15) is 11.1 Å². The van der Waals surface area contributed by atoms with Gasteiger partial charge < -0.3 is 5.32 Å². The molecule has 0 atom stereocenters. The standard InChI is InChI=1S/C16H13BrFNO/c1-11-6-8-14(18)15(10-11)19-16(20)9-7-12-4-2-3-5-13(12)17/h2-10H,1H3,(H,19,20)/b9-7+. The quantitative estimate of drug-likeness (QED) is 0.820. The van der Waals surface area contributed by atoms with Gasteiger partial charge in [0.15, 0.2) is 0 Å². The van der Waals surface area contributed by atoms with Crippen LogP contribution in [-0.4, -0.2) is 5.91 Å². The highest BCUT2D eigenvalue weighted by atomic mass is 79.9. The van der Waals surface area contributed by atoms with Crippen molar-refractivity contribution < 1.29 is 9.18 Å². The first-order chi connectivity index (χ1) is 9.56. The molecule has 0 spiro atoms. The van der Waals surface area contributed by atoms with E-state index in [9.17, 15) is 9.18 Å². The molecule has 0 heterocycles. The summed E-state index contributed by atoms with van der Waals surface area (Å²) in [5.74, 6) is -0.816. The lowest BCUT2D eigenvalue weighted by Gasteiger charge is -2.05. The molecule has 0 saturated carbocycles. The number of nitrogens with one attached hydrogen (secondary N) is 1. The molecule has 4 heteroatoms. The van der Waals surface area contributed by atoms with Crippen LogP contribution in [0.25, 0.3) is 6.08 Å². The third-order valence-corrected chi connectivity index (χ3v) is 3.42. The van der Waals surface area contributed by atoms with Crippen molar-refractivity contribution in [3.8, 4) is 0 Å². The van der Waals surface area contributed by atoms with Crippen molar-refractivity contribution in [3.05, 3.63) is 70.0 Å². The van der Waals surface area contributed by atoms with Crippen molar-refractivity contribution in [1.82, 2.24) is 0 Å². The van der Waals surface area contributed by atoms with Crippen LogP contribution in [0.3, 0.4) is 0 Å². The number of rotatable bonds is 3. The maximum atomic E-state index is 13.5. The summed E-state index contributed by atoms with van der Waals surface area (Å²) in [4.78, 5) is 11.8. The zero-order valence-electron chi connectivity index (χ0n) is 10.9. The largest absolute Gasteiger partial charge is 0.320 e. The van der Waals surface area contributed by atoms with E-state index in [1.54, 1.807) is 18.2 Å². The van der Waals surface area contributed by atoms with Crippen LogP contribution in [0, 0.1) is 12.7 Å². The Bertz CT molecular complexity index is 667. The Hall–Kier alpha value is -1.94. The molecular formula is C16H13BrFNO. The fraction of sp³-hybridized carbons (Fsp3) is 0.0625. The van der Waals surface area contributed by atoms with Crippen LogP contribution in [0.5, 0.6) is 0 Å². The molecule has 1 amide bonds. The van der Waals surface area contributed by atoms with Crippen molar-refractivity contribution >= 4 is 33.6 Å². The molecule has 0 radical (unpaired) electrons. The Morgan fingerprint density at radius 3 is 2.75 bits per heavy atom. The monoisotopic (exact) mass is 333 g/mol. The number of carbonyl (C=O) groups is 1. The molecule has 0 aromatic heterocycles. The van der Waals surface area contributed by atoms with Gasteiger partial charge in [0.25, 0.3) is 0 Å². The molecule has 0 aliphatic rings. The number of aryl methyl sites for hydroxylation is 1. The molecule has 0 unspecified atom stereocenters. The fourth-order valence-corrected chi connectivity index (χ4v) is 2.10. The van der Waals surface area contributed by atoms with Crippen LogP contribution in [0.4, 0.5) is 10.1 Å². The van der Waals surface area contributed by atoms with E-state index in [0.717, 1.165) is 15.6 Å². The van der Waals surface area contributed by atoms with Crippen LogP contribution in [0.15, 0.2) is 53.0 Å². The van der Waals surface area contributed by atoms with E-state index >= 15 is 0 Å². The third-order valence-electron chi connectivity index (χ3n) is 2.70. The minimum atomic E-state index is -0.446. The Morgan fingerprint density at radius 2 is 2.00 bits per heavy atom. The third kappa shape index (κ3) is 3.78. The number of carbonyl (C=O) groups excluding carboxylic acids is 1. The van der Waals surface area contributed by atoms with Crippen LogP contribution >= 0.6 is 15.9 Å². The number of benzene rings is 2. The number of anilines is 1. The minimum Gasteiger partial charge on any atom is -0.320 e. The zero-order valence-corrected chi connectivity index (χ0v) is 12.4. The summed E-state index contributed by atoms with van der Waals surface area (Å²) >= 11 is 3.39. The predicted molar refractivity (Wildman–Crippen MR) is 82.9 cm³/mol. The van der Waals surface area contributed by atoms with E-state index in [1.165, 1.54) is 12.1 Å². The second-order valence-electron chi connectivity index (χ2n) is 4.33. The summed E-state index contributed by atoms with van der Waals surface area (Å²) in [6, 6.07) is 12.1. The second kappa shape index (κ2) is 6.48. The molecular weight excluding hydrogens is 321 g/mol. The van der Waals surface area contributed by atoms with Gasteiger partial charge in [-0.2, -0.15) is 0 Å². The normalized spacial score (nSPS) is 10.8. The molecule has 0 bridgehead atoms. The SMILES string of the molecule is Cc1ccc(F)c(NC(=O)/C=C/c2ccccc2Br)c1. The number of hydrogen-bond acceptors (Lipinski definition) is 1. The van der Waals surface area contributed by atoms with Crippen molar-refractivity contribution in [3.63, 3.8) is 0 Å². The Morgan fingerprint density at radius 1 is 1.25 bits per heavy atom. The molecule has 0 saturated heterocycles. The predicted octanol–water partition coefficient (Wildman–Crippen LogP) is 4.55. The van der Waals surface area contributed by atoms with E-state index in [-0.39, 0.29) is 11.6 Å². The van der Waals surface area contributed by atoms with Crippen LogP contribution < -0.4 is 5.32 Å². The first-order valence-corrected chi connectivity index (χ1v) is 6.85. The molecule has 20 heavy (non-hydrogen) atoms. The van der Waals surface area contributed by atoms with Crippen LogP contribution in [-0.2, 0) is 4.79 Å². The van der Waals surface area contributed by atoms with Gasteiger partial charge in [-0.05, 0) is 42.3 Å². The molecule has 0 aliphatic carbocycles. The Kier molecular flexibility index (Phi) is 4.69. The number of amides is 1. The second-order valence-corrected chi connectivity index (χ2v) is 5.18. The van der Waals surface area contributed by atoms with Gasteiger partial charge in [0.2, 0.25) is 5.91 Å². The Labute approximate surface area is 125 Å². The van der Waals surface area contributed by atoms with Gasteiger partial charge in [-0.1, -0.05) is 40.2 Å². The molecule has 0 fully saturated rings. The summed E-state index contributed by atoms with van der Waals surface area (Å²) in [5.41, 5.74) is 1.95. The summed E-state index contributed by atoms with van der Waals surface area (Å²) < 4.78 is 14.4. The van der Waals surface area contributed by atoms with E-state index < -0.39 is 5.82 Å². The minimum absolute atomic E-state index is 0.187. The number of hydrogen-bond donors (Lipinski definition) is 1. The van der Waals surface area contributed by atoms with Crippen molar-refractivity contribution in [1.29, 1.82) is 0 Å². The van der Waals surface area contributed by atoms with Gasteiger partial charge in [0, 0.05) is 10.5 Å². The highest BCUT2D eigenvalue weighted by Gasteiger charge is 2.04. The molecule has 1 N–H and O–H groups in total. The van der Waals surface area contributed by atoms with Crippen molar-refractivity contribution in [2.45, 2.75) is 6.92 Å². The van der Waals surface area contributed by atoms with Crippen LogP contribution in [0.2, 0.25) is 0 Å². The molecule has 2 aromatic carbocycles. The lowest BCUT2D eigenvalue weighted by atomic mass is 10.2. The van der Waals surface area contributed by atoms with E-state index in [1.807, 2.05) is 31.2 Å². The highest BCUT2D eigenvalue weighted by molar-refractivity contribution is 9.10. The topological polar surface area (TPSA) is 29.1 Å². The fourth-order valence-electron chi connectivity index (χ4n) is 1.69. The smallest absolute Gasteiger partial charge is 0.248 e. The summed E-state index contributed by atoms with van der Waals surface area (Å²) in [6.45, 7) is 1.84.